The molecule has 1 N–H and O–H groups in total. The largest absolute Gasteiger partial charge is 0.478 e. The number of nitro groups is 1. The molecule has 1 unspecified atom stereocenters. The number of rotatable bonds is 5. The molecule has 142 valence electrons. The van der Waals surface area contributed by atoms with E-state index in [1.54, 1.807) is 0 Å². The topological polar surface area (TPSA) is 127 Å². The SMILES string of the molecule is O=C(O)C1CN(S(=O)(=O)Cc2ccccc2[N+](=O)[O-])c2cc(Cl)ccc2O1. The zero-order valence-electron chi connectivity index (χ0n) is 13.6. The van der Waals surface area contributed by atoms with Crippen molar-refractivity contribution in [3.63, 3.8) is 0 Å². The van der Waals surface area contributed by atoms with Crippen LogP contribution in [0.3, 0.4) is 0 Å². The van der Waals surface area contributed by atoms with Gasteiger partial charge in [-0.25, -0.2) is 13.2 Å². The van der Waals surface area contributed by atoms with Gasteiger partial charge in [0.25, 0.3) is 5.69 Å². The van der Waals surface area contributed by atoms with Crippen molar-refractivity contribution in [2.45, 2.75) is 11.9 Å². The highest BCUT2D eigenvalue weighted by atomic mass is 35.5. The molecule has 2 aromatic carbocycles. The third-order valence-electron chi connectivity index (χ3n) is 3.93. The van der Waals surface area contributed by atoms with E-state index in [2.05, 4.69) is 0 Å². The van der Waals surface area contributed by atoms with Crippen molar-refractivity contribution in [3.8, 4) is 5.75 Å². The van der Waals surface area contributed by atoms with Crippen molar-refractivity contribution in [1.82, 2.24) is 0 Å². The Balaban J connectivity index is 2.04. The van der Waals surface area contributed by atoms with Crippen LogP contribution in [-0.2, 0) is 20.6 Å². The monoisotopic (exact) mass is 412 g/mol. The molecule has 0 saturated heterocycles. The summed E-state index contributed by atoms with van der Waals surface area (Å²) in [6.45, 7) is -0.481. The van der Waals surface area contributed by atoms with Crippen LogP contribution in [0.25, 0.3) is 0 Å². The molecule has 0 saturated carbocycles. The number of carboxylic acids is 1. The Bertz CT molecular complexity index is 1030. The van der Waals surface area contributed by atoms with Crippen LogP contribution in [0.4, 0.5) is 11.4 Å². The Morgan fingerprint density at radius 3 is 2.70 bits per heavy atom. The Morgan fingerprint density at radius 2 is 2.04 bits per heavy atom. The molecule has 27 heavy (non-hydrogen) atoms. The molecule has 11 heteroatoms. The van der Waals surface area contributed by atoms with E-state index in [0.29, 0.717) is 0 Å². The molecule has 9 nitrogen and oxygen atoms in total. The highest BCUT2D eigenvalue weighted by Gasteiger charge is 2.37. The molecule has 1 aliphatic rings. The van der Waals surface area contributed by atoms with E-state index >= 15 is 0 Å². The minimum atomic E-state index is -4.16. The number of nitrogens with zero attached hydrogens (tertiary/aromatic N) is 2. The summed E-state index contributed by atoms with van der Waals surface area (Å²) in [4.78, 5) is 21.8. The van der Waals surface area contributed by atoms with Gasteiger partial charge < -0.3 is 9.84 Å². The van der Waals surface area contributed by atoms with Crippen molar-refractivity contribution in [3.05, 3.63) is 63.2 Å². The molecule has 0 bridgehead atoms. The first kappa shape index (κ1) is 18.9. The minimum absolute atomic E-state index is 0.00977. The molecule has 1 atom stereocenters. The summed E-state index contributed by atoms with van der Waals surface area (Å²) in [5, 5.41) is 20.6. The number of benzene rings is 2. The van der Waals surface area contributed by atoms with Crippen molar-refractivity contribution in [2.75, 3.05) is 10.8 Å². The average Bonchev–Trinajstić information content (AvgIpc) is 2.60. The lowest BCUT2D eigenvalue weighted by Gasteiger charge is -2.33. The summed E-state index contributed by atoms with van der Waals surface area (Å²) in [5.41, 5.74) is -0.265. The second kappa shape index (κ2) is 7.05. The van der Waals surface area contributed by atoms with E-state index in [4.69, 9.17) is 16.3 Å². The van der Waals surface area contributed by atoms with Crippen LogP contribution in [0.5, 0.6) is 5.75 Å². The smallest absolute Gasteiger partial charge is 0.346 e. The number of sulfonamides is 1. The molecule has 0 fully saturated rings. The lowest BCUT2D eigenvalue weighted by Crippen LogP contribution is -2.47. The van der Waals surface area contributed by atoms with Crippen LogP contribution in [-0.4, -0.2) is 37.1 Å². The predicted molar refractivity (Wildman–Crippen MR) is 96.6 cm³/mol. The molecule has 0 amide bonds. The number of hydrogen-bond donors (Lipinski definition) is 1. The fourth-order valence-electron chi connectivity index (χ4n) is 2.70. The van der Waals surface area contributed by atoms with Gasteiger partial charge in [-0.1, -0.05) is 29.8 Å². The number of hydrogen-bond acceptors (Lipinski definition) is 6. The van der Waals surface area contributed by atoms with Gasteiger partial charge in [-0.3, -0.25) is 14.4 Å². The van der Waals surface area contributed by atoms with Gasteiger partial charge in [0.15, 0.2) is 0 Å². The quantitative estimate of drug-likeness (QED) is 0.590. The number of aliphatic carboxylic acids is 1. The Morgan fingerprint density at radius 1 is 1.33 bits per heavy atom. The molecular weight excluding hydrogens is 400 g/mol. The minimum Gasteiger partial charge on any atom is -0.478 e. The highest BCUT2D eigenvalue weighted by molar-refractivity contribution is 7.92. The first-order valence-corrected chi connectivity index (χ1v) is 9.59. The third kappa shape index (κ3) is 3.81. The highest BCUT2D eigenvalue weighted by Crippen LogP contribution is 2.38. The van der Waals surface area contributed by atoms with Gasteiger partial charge in [-0.05, 0) is 18.2 Å². The van der Waals surface area contributed by atoms with E-state index in [9.17, 15) is 28.4 Å². The number of para-hydroxylation sites is 1. The van der Waals surface area contributed by atoms with Gasteiger partial charge >= 0.3 is 5.97 Å². The first-order chi connectivity index (χ1) is 12.7. The summed E-state index contributed by atoms with van der Waals surface area (Å²) in [6.07, 6.45) is -1.42. The van der Waals surface area contributed by atoms with Gasteiger partial charge in [-0.15, -0.1) is 0 Å². The van der Waals surface area contributed by atoms with Gasteiger partial charge in [0.1, 0.15) is 11.5 Å². The Hall–Kier alpha value is -2.85. The Labute approximate surface area is 158 Å². The van der Waals surface area contributed by atoms with Crippen LogP contribution in [0.15, 0.2) is 42.5 Å². The van der Waals surface area contributed by atoms with E-state index < -0.39 is 39.3 Å². The van der Waals surface area contributed by atoms with Crippen LogP contribution in [0, 0.1) is 10.1 Å². The summed E-state index contributed by atoms with van der Waals surface area (Å²) < 4.78 is 32.1. The number of fused-ring (bicyclic) bond motifs is 1. The normalized spacial score (nSPS) is 16.3. The van der Waals surface area contributed by atoms with Crippen LogP contribution in [0.1, 0.15) is 5.56 Å². The van der Waals surface area contributed by atoms with E-state index in [1.807, 2.05) is 0 Å². The van der Waals surface area contributed by atoms with E-state index in [-0.39, 0.29) is 27.7 Å². The molecule has 3 rings (SSSR count). The maximum Gasteiger partial charge on any atom is 0.346 e. The molecular formula is C16H13ClN2O7S. The van der Waals surface area contributed by atoms with Crippen molar-refractivity contribution in [1.29, 1.82) is 0 Å². The van der Waals surface area contributed by atoms with E-state index in [0.717, 1.165) is 4.31 Å². The summed E-state index contributed by atoms with van der Waals surface area (Å²) >= 11 is 5.94. The maximum absolute atomic E-state index is 13.0. The van der Waals surface area contributed by atoms with Gasteiger partial charge in [0.2, 0.25) is 16.1 Å². The van der Waals surface area contributed by atoms with Gasteiger partial charge in [0, 0.05) is 16.7 Å². The number of nitro benzene ring substituents is 1. The number of ether oxygens (including phenoxy) is 1. The lowest BCUT2D eigenvalue weighted by molar-refractivity contribution is -0.385. The lowest BCUT2D eigenvalue weighted by atomic mass is 10.2. The fraction of sp³-hybridized carbons (Fsp3) is 0.188. The second-order valence-corrected chi connectivity index (χ2v) is 8.06. The predicted octanol–water partition coefficient (Wildman–Crippen LogP) is 2.43. The van der Waals surface area contributed by atoms with Crippen molar-refractivity contribution in [2.24, 2.45) is 0 Å². The number of carbonyl (C=O) groups is 1. The average molecular weight is 413 g/mol. The van der Waals surface area contributed by atoms with Crippen LogP contribution in [0.2, 0.25) is 5.02 Å². The molecule has 0 aromatic heterocycles. The van der Waals surface area contributed by atoms with Crippen molar-refractivity contribution < 1.29 is 28.0 Å². The first-order valence-electron chi connectivity index (χ1n) is 7.61. The van der Waals surface area contributed by atoms with Gasteiger partial charge in [0.05, 0.1) is 17.2 Å². The zero-order valence-corrected chi connectivity index (χ0v) is 15.2. The fourth-order valence-corrected chi connectivity index (χ4v) is 4.47. The van der Waals surface area contributed by atoms with Gasteiger partial charge in [-0.2, -0.15) is 0 Å². The Kier molecular flexibility index (Phi) is 4.94. The molecule has 1 aliphatic heterocycles. The standard InChI is InChI=1S/C16H13ClN2O7S/c17-11-5-6-14-13(7-11)18(8-15(26-14)16(20)21)27(24,25)9-10-3-1-2-4-12(10)19(22)23/h1-7,15H,8-9H2,(H,20,21). The molecule has 2 aromatic rings. The molecule has 1 heterocycles. The maximum atomic E-state index is 13.0. The van der Waals surface area contributed by atoms with E-state index in [1.165, 1.54) is 42.5 Å². The number of halogens is 1. The number of carboxylic acid groups (broad SMARTS) is 1. The van der Waals surface area contributed by atoms with Crippen LogP contribution < -0.4 is 9.04 Å². The summed E-state index contributed by atoms with van der Waals surface area (Å²) in [6, 6.07) is 9.61. The van der Waals surface area contributed by atoms with Crippen molar-refractivity contribution >= 4 is 39.0 Å². The summed E-state index contributed by atoms with van der Waals surface area (Å²) in [5.74, 6) is -1.96. The third-order valence-corrected chi connectivity index (χ3v) is 5.86. The molecule has 0 aliphatic carbocycles. The summed E-state index contributed by atoms with van der Waals surface area (Å²) in [7, 11) is -4.16. The molecule has 0 spiro atoms. The second-order valence-electron chi connectivity index (χ2n) is 5.73. The van der Waals surface area contributed by atoms with Crippen LogP contribution >= 0.6 is 11.6 Å². The zero-order chi connectivity index (χ0) is 19.8. The molecule has 0 radical (unpaired) electrons. The number of anilines is 1.